The average molecular weight is 200 g/mol. The van der Waals surface area contributed by atoms with Gasteiger partial charge in [0.05, 0.1) is 6.42 Å². The fourth-order valence-electron chi connectivity index (χ4n) is 1.38. The third kappa shape index (κ3) is 2.71. The fraction of sp³-hybridized carbons (Fsp3) is 0.0833. The lowest BCUT2D eigenvalue weighted by molar-refractivity contribution is -0.115. The third-order valence-corrected chi connectivity index (χ3v) is 2.07. The van der Waals surface area contributed by atoms with Crippen LogP contribution in [0.5, 0.6) is 0 Å². The molecule has 0 spiro atoms. The Morgan fingerprint density at radius 2 is 1.93 bits per heavy atom. The molecule has 3 nitrogen and oxygen atoms in total. The smallest absolute Gasteiger partial charge is 0.230 e. The molecular formula is C12H12N2O. The van der Waals surface area contributed by atoms with Crippen molar-refractivity contribution in [1.29, 1.82) is 0 Å². The predicted molar refractivity (Wildman–Crippen MR) is 59.6 cm³/mol. The predicted octanol–water partition coefficient (Wildman–Crippen LogP) is 2.20. The minimum absolute atomic E-state index is 0.0105. The molecule has 0 radical (unpaired) electrons. The SMILES string of the molecule is O=C(Cc1ccc[nH]1)Nc1ccccc1. The minimum Gasteiger partial charge on any atom is -0.365 e. The van der Waals surface area contributed by atoms with E-state index in [0.29, 0.717) is 6.42 Å². The summed E-state index contributed by atoms with van der Waals surface area (Å²) in [6.07, 6.45) is 2.19. The molecular weight excluding hydrogens is 188 g/mol. The zero-order chi connectivity index (χ0) is 10.5. The third-order valence-electron chi connectivity index (χ3n) is 2.07. The van der Waals surface area contributed by atoms with Crippen molar-refractivity contribution in [3.8, 4) is 0 Å². The second-order valence-corrected chi connectivity index (χ2v) is 3.29. The number of nitrogens with one attached hydrogen (secondary N) is 2. The summed E-state index contributed by atoms with van der Waals surface area (Å²) < 4.78 is 0. The molecule has 2 N–H and O–H groups in total. The Morgan fingerprint density at radius 1 is 1.13 bits per heavy atom. The molecule has 2 aromatic rings. The second kappa shape index (κ2) is 4.46. The van der Waals surface area contributed by atoms with E-state index in [1.54, 1.807) is 0 Å². The van der Waals surface area contributed by atoms with Gasteiger partial charge in [0.2, 0.25) is 5.91 Å². The van der Waals surface area contributed by atoms with Crippen LogP contribution in [0.15, 0.2) is 48.7 Å². The van der Waals surface area contributed by atoms with E-state index in [4.69, 9.17) is 0 Å². The summed E-state index contributed by atoms with van der Waals surface area (Å²) >= 11 is 0. The number of hydrogen-bond acceptors (Lipinski definition) is 1. The van der Waals surface area contributed by atoms with E-state index in [2.05, 4.69) is 10.3 Å². The number of carbonyl (C=O) groups excluding carboxylic acids is 1. The number of anilines is 1. The Hall–Kier alpha value is -2.03. The molecule has 1 heterocycles. The summed E-state index contributed by atoms with van der Waals surface area (Å²) in [5.41, 5.74) is 1.75. The van der Waals surface area contributed by atoms with Crippen molar-refractivity contribution in [3.05, 3.63) is 54.4 Å². The van der Waals surface area contributed by atoms with Crippen molar-refractivity contribution in [2.24, 2.45) is 0 Å². The number of aromatic amines is 1. The molecule has 0 aliphatic rings. The van der Waals surface area contributed by atoms with Gasteiger partial charge in [0.25, 0.3) is 0 Å². The molecule has 0 saturated carbocycles. The monoisotopic (exact) mass is 200 g/mol. The van der Waals surface area contributed by atoms with Gasteiger partial charge in [0, 0.05) is 17.6 Å². The van der Waals surface area contributed by atoms with Gasteiger partial charge in [0.1, 0.15) is 0 Å². The number of rotatable bonds is 3. The number of hydrogen-bond donors (Lipinski definition) is 2. The molecule has 0 saturated heterocycles. The maximum atomic E-state index is 11.5. The molecule has 1 aromatic carbocycles. The number of H-pyrrole nitrogens is 1. The van der Waals surface area contributed by atoms with Crippen LogP contribution in [0.25, 0.3) is 0 Å². The molecule has 1 amide bonds. The number of aromatic nitrogens is 1. The first kappa shape index (κ1) is 9.52. The Kier molecular flexibility index (Phi) is 2.83. The van der Waals surface area contributed by atoms with Gasteiger partial charge in [-0.25, -0.2) is 0 Å². The van der Waals surface area contributed by atoms with Crippen molar-refractivity contribution in [1.82, 2.24) is 4.98 Å². The van der Waals surface area contributed by atoms with E-state index in [1.165, 1.54) is 0 Å². The Morgan fingerprint density at radius 3 is 2.60 bits per heavy atom. The van der Waals surface area contributed by atoms with Gasteiger partial charge < -0.3 is 10.3 Å². The van der Waals surface area contributed by atoms with E-state index < -0.39 is 0 Å². The van der Waals surface area contributed by atoms with Gasteiger partial charge in [0.15, 0.2) is 0 Å². The van der Waals surface area contributed by atoms with Crippen LogP contribution < -0.4 is 5.32 Å². The highest BCUT2D eigenvalue weighted by atomic mass is 16.1. The maximum absolute atomic E-state index is 11.5. The number of benzene rings is 1. The average Bonchev–Trinajstić information content (AvgIpc) is 2.71. The van der Waals surface area contributed by atoms with Gasteiger partial charge in [-0.2, -0.15) is 0 Å². The summed E-state index contributed by atoms with van der Waals surface area (Å²) in [7, 11) is 0. The topological polar surface area (TPSA) is 44.9 Å². The van der Waals surface area contributed by atoms with E-state index in [-0.39, 0.29) is 5.91 Å². The van der Waals surface area contributed by atoms with Crippen LogP contribution in [0.1, 0.15) is 5.69 Å². The van der Waals surface area contributed by atoms with Crippen molar-refractivity contribution in [2.75, 3.05) is 5.32 Å². The van der Waals surface area contributed by atoms with Crippen molar-refractivity contribution < 1.29 is 4.79 Å². The molecule has 15 heavy (non-hydrogen) atoms. The molecule has 1 aromatic heterocycles. The van der Waals surface area contributed by atoms with Gasteiger partial charge in [-0.3, -0.25) is 4.79 Å². The maximum Gasteiger partial charge on any atom is 0.230 e. The summed E-state index contributed by atoms with van der Waals surface area (Å²) in [4.78, 5) is 14.5. The molecule has 2 rings (SSSR count). The quantitative estimate of drug-likeness (QED) is 0.783. The molecule has 76 valence electrons. The minimum atomic E-state index is -0.0105. The molecule has 0 bridgehead atoms. The summed E-state index contributed by atoms with van der Waals surface area (Å²) in [6.45, 7) is 0. The first-order chi connectivity index (χ1) is 7.34. The molecule has 0 unspecified atom stereocenters. The lowest BCUT2D eigenvalue weighted by atomic mass is 10.2. The second-order valence-electron chi connectivity index (χ2n) is 3.29. The van der Waals surface area contributed by atoms with E-state index >= 15 is 0 Å². The molecule has 0 atom stereocenters. The van der Waals surface area contributed by atoms with Gasteiger partial charge >= 0.3 is 0 Å². The van der Waals surface area contributed by atoms with Crippen LogP contribution in [-0.4, -0.2) is 10.9 Å². The summed E-state index contributed by atoms with van der Waals surface area (Å²) in [5, 5.41) is 2.82. The van der Waals surface area contributed by atoms with Gasteiger partial charge in [-0.05, 0) is 24.3 Å². The first-order valence-electron chi connectivity index (χ1n) is 4.82. The summed E-state index contributed by atoms with van der Waals surface area (Å²) in [6, 6.07) is 13.2. The lowest BCUT2D eigenvalue weighted by Gasteiger charge is -2.03. The number of para-hydroxylation sites is 1. The zero-order valence-electron chi connectivity index (χ0n) is 8.23. The Balaban J connectivity index is 1.94. The van der Waals surface area contributed by atoms with E-state index in [0.717, 1.165) is 11.4 Å². The van der Waals surface area contributed by atoms with Gasteiger partial charge in [-0.1, -0.05) is 18.2 Å². The first-order valence-corrected chi connectivity index (χ1v) is 4.82. The van der Waals surface area contributed by atoms with Crippen molar-refractivity contribution in [3.63, 3.8) is 0 Å². The van der Waals surface area contributed by atoms with Crippen LogP contribution in [0.3, 0.4) is 0 Å². The molecule has 0 aliphatic carbocycles. The van der Waals surface area contributed by atoms with Crippen LogP contribution in [0.2, 0.25) is 0 Å². The van der Waals surface area contributed by atoms with Crippen LogP contribution in [-0.2, 0) is 11.2 Å². The highest BCUT2D eigenvalue weighted by Crippen LogP contribution is 2.06. The van der Waals surface area contributed by atoms with E-state index in [9.17, 15) is 4.79 Å². The molecule has 0 aliphatic heterocycles. The molecule has 3 heteroatoms. The number of carbonyl (C=O) groups is 1. The normalized spacial score (nSPS) is 9.87. The number of amides is 1. The lowest BCUT2D eigenvalue weighted by Crippen LogP contribution is -2.14. The highest BCUT2D eigenvalue weighted by Gasteiger charge is 2.03. The van der Waals surface area contributed by atoms with Crippen molar-refractivity contribution >= 4 is 11.6 Å². The summed E-state index contributed by atoms with van der Waals surface area (Å²) in [5.74, 6) is -0.0105. The van der Waals surface area contributed by atoms with Crippen LogP contribution in [0, 0.1) is 0 Å². The van der Waals surface area contributed by atoms with Crippen molar-refractivity contribution in [2.45, 2.75) is 6.42 Å². The highest BCUT2D eigenvalue weighted by molar-refractivity contribution is 5.91. The zero-order valence-corrected chi connectivity index (χ0v) is 8.23. The van der Waals surface area contributed by atoms with Crippen LogP contribution in [0.4, 0.5) is 5.69 Å². The van der Waals surface area contributed by atoms with Gasteiger partial charge in [-0.15, -0.1) is 0 Å². The van der Waals surface area contributed by atoms with Crippen LogP contribution >= 0.6 is 0 Å². The van der Waals surface area contributed by atoms with E-state index in [1.807, 2.05) is 48.7 Å². The molecule has 0 fully saturated rings. The Bertz CT molecular complexity index is 420. The largest absolute Gasteiger partial charge is 0.365 e. The fourth-order valence-corrected chi connectivity index (χ4v) is 1.38. The standard InChI is InChI=1S/C12H12N2O/c15-12(9-11-7-4-8-13-11)14-10-5-2-1-3-6-10/h1-8,13H,9H2,(H,14,15). The Labute approximate surface area is 88.1 Å².